The topological polar surface area (TPSA) is 105 Å². The Morgan fingerprint density at radius 1 is 1.03 bits per heavy atom. The van der Waals surface area contributed by atoms with E-state index in [1.165, 1.54) is 12.0 Å². The molecule has 8 heteroatoms. The summed E-state index contributed by atoms with van der Waals surface area (Å²) in [6.45, 7) is 3.48. The number of likely N-dealkylation sites (tertiary alicyclic amines) is 1. The lowest BCUT2D eigenvalue weighted by atomic mass is 9.98. The van der Waals surface area contributed by atoms with Gasteiger partial charge < -0.3 is 24.8 Å². The number of aliphatic carboxylic acids is 1. The Morgan fingerprint density at radius 2 is 1.61 bits per heavy atom. The van der Waals surface area contributed by atoms with E-state index in [4.69, 9.17) is 9.47 Å². The number of carbonyl (C=O) groups excluding carboxylic acids is 2. The first-order valence-electron chi connectivity index (χ1n) is 10.9. The molecule has 1 aliphatic heterocycles. The number of fused-ring (bicyclic) bond motifs is 3. The summed E-state index contributed by atoms with van der Waals surface area (Å²) in [6, 6.07) is 16.1. The van der Waals surface area contributed by atoms with Crippen LogP contribution in [0.5, 0.6) is 0 Å². The molecule has 2 atom stereocenters. The number of carboxylic acids is 1. The van der Waals surface area contributed by atoms with Crippen molar-refractivity contribution in [3.8, 4) is 11.1 Å². The van der Waals surface area contributed by atoms with E-state index in [2.05, 4.69) is 17.4 Å². The van der Waals surface area contributed by atoms with E-state index >= 15 is 0 Å². The first-order chi connectivity index (χ1) is 15.7. The Bertz CT molecular complexity index is 1040. The minimum absolute atomic E-state index is 0.0302. The number of carbonyl (C=O) groups is 3. The van der Waals surface area contributed by atoms with Gasteiger partial charge in [0.25, 0.3) is 0 Å². The van der Waals surface area contributed by atoms with Crippen LogP contribution in [-0.2, 0) is 19.1 Å². The van der Waals surface area contributed by atoms with Crippen LogP contribution in [0.1, 0.15) is 30.9 Å². The lowest BCUT2D eigenvalue weighted by Crippen LogP contribution is -2.55. The average molecular weight is 453 g/mol. The molecule has 0 bridgehead atoms. The van der Waals surface area contributed by atoms with Gasteiger partial charge >= 0.3 is 12.1 Å². The molecule has 0 aromatic heterocycles. The number of benzene rings is 2. The lowest BCUT2D eigenvalue weighted by molar-refractivity contribution is -0.144. The molecule has 2 amide bonds. The maximum Gasteiger partial charge on any atom is 0.408 e. The van der Waals surface area contributed by atoms with Crippen molar-refractivity contribution in [3.63, 3.8) is 0 Å². The zero-order chi connectivity index (χ0) is 23.8. The normalized spacial score (nSPS) is 19.7. The Balaban J connectivity index is 1.40. The molecule has 0 radical (unpaired) electrons. The van der Waals surface area contributed by atoms with Crippen molar-refractivity contribution in [2.24, 2.45) is 5.92 Å². The van der Waals surface area contributed by atoms with Crippen LogP contribution in [0.25, 0.3) is 11.1 Å². The van der Waals surface area contributed by atoms with Gasteiger partial charge in [0.1, 0.15) is 18.1 Å². The van der Waals surface area contributed by atoms with Crippen molar-refractivity contribution in [3.05, 3.63) is 59.7 Å². The second-order valence-electron chi connectivity index (χ2n) is 9.00. The van der Waals surface area contributed by atoms with Gasteiger partial charge in [-0.05, 0) is 36.1 Å². The number of alkyl carbamates (subject to hydrolysis) is 1. The first-order valence-corrected chi connectivity index (χ1v) is 10.9. The van der Waals surface area contributed by atoms with Crippen LogP contribution >= 0.6 is 0 Å². The predicted molar refractivity (Wildman–Crippen MR) is 121 cm³/mol. The summed E-state index contributed by atoms with van der Waals surface area (Å²) < 4.78 is 10.8. The molecule has 1 heterocycles. The molecule has 2 unspecified atom stereocenters. The molecular formula is C25H28N2O6. The number of hydrogen-bond acceptors (Lipinski definition) is 5. The summed E-state index contributed by atoms with van der Waals surface area (Å²) in [4.78, 5) is 38.5. The quantitative estimate of drug-likeness (QED) is 0.698. The maximum atomic E-state index is 13.0. The van der Waals surface area contributed by atoms with Crippen molar-refractivity contribution in [2.45, 2.75) is 31.4 Å². The van der Waals surface area contributed by atoms with Gasteiger partial charge in [-0.3, -0.25) is 9.59 Å². The highest BCUT2D eigenvalue weighted by molar-refractivity contribution is 5.90. The van der Waals surface area contributed by atoms with E-state index in [1.807, 2.05) is 36.4 Å². The Hall–Kier alpha value is -3.39. The molecule has 0 spiro atoms. The van der Waals surface area contributed by atoms with Crippen LogP contribution in [0, 0.1) is 5.92 Å². The van der Waals surface area contributed by atoms with Gasteiger partial charge in [-0.1, -0.05) is 48.5 Å². The highest BCUT2D eigenvalue weighted by Crippen LogP contribution is 2.44. The SMILES string of the molecule is COC1CN(C(=O)C(C)(C)NC(=O)OCC2c3ccccc3-c3ccccc32)CC1C(=O)O. The predicted octanol–water partition coefficient (Wildman–Crippen LogP) is 2.86. The number of amides is 2. The fourth-order valence-electron chi connectivity index (χ4n) is 4.75. The standard InChI is InChI=1S/C25H28N2O6/c1-25(2,23(30)27-12-19(22(28)29)21(13-27)32-3)26-24(31)33-14-20-17-10-6-4-8-15(17)16-9-5-7-11-18(16)20/h4-11,19-21H,12-14H2,1-3H3,(H,26,31)(H,28,29). The molecule has 4 rings (SSSR count). The van der Waals surface area contributed by atoms with Crippen molar-refractivity contribution >= 4 is 18.0 Å². The summed E-state index contributed by atoms with van der Waals surface area (Å²) in [5.74, 6) is -2.29. The number of methoxy groups -OCH3 is 1. The lowest BCUT2D eigenvalue weighted by Gasteiger charge is -2.30. The van der Waals surface area contributed by atoms with Crippen molar-refractivity contribution in [1.29, 1.82) is 0 Å². The molecule has 2 aromatic carbocycles. The third-order valence-electron chi connectivity index (χ3n) is 6.47. The van der Waals surface area contributed by atoms with E-state index in [-0.39, 0.29) is 31.5 Å². The fraction of sp³-hybridized carbons (Fsp3) is 0.400. The van der Waals surface area contributed by atoms with E-state index in [1.54, 1.807) is 13.8 Å². The molecule has 2 N–H and O–H groups in total. The summed E-state index contributed by atoms with van der Waals surface area (Å²) in [6.07, 6.45) is -1.29. The first kappa shape index (κ1) is 22.8. The van der Waals surface area contributed by atoms with Crippen molar-refractivity contribution < 1.29 is 29.0 Å². The molecule has 0 saturated carbocycles. The van der Waals surface area contributed by atoms with E-state index < -0.39 is 29.6 Å². The zero-order valence-corrected chi connectivity index (χ0v) is 18.9. The van der Waals surface area contributed by atoms with Crippen LogP contribution in [0.15, 0.2) is 48.5 Å². The fourth-order valence-corrected chi connectivity index (χ4v) is 4.75. The molecule has 2 aromatic rings. The third-order valence-corrected chi connectivity index (χ3v) is 6.47. The number of rotatable bonds is 6. The van der Waals surface area contributed by atoms with E-state index in [0.717, 1.165) is 22.3 Å². The third kappa shape index (κ3) is 4.30. The van der Waals surface area contributed by atoms with Gasteiger partial charge in [0.2, 0.25) is 5.91 Å². The highest BCUT2D eigenvalue weighted by atomic mass is 16.5. The monoisotopic (exact) mass is 452 g/mol. The number of carboxylic acid groups (broad SMARTS) is 1. The molecule has 2 aliphatic rings. The zero-order valence-electron chi connectivity index (χ0n) is 18.9. The second-order valence-corrected chi connectivity index (χ2v) is 9.00. The second kappa shape index (κ2) is 8.86. The summed E-state index contributed by atoms with van der Waals surface area (Å²) in [7, 11) is 1.43. The molecule has 1 fully saturated rings. The number of hydrogen-bond donors (Lipinski definition) is 2. The smallest absolute Gasteiger partial charge is 0.408 e. The summed E-state index contributed by atoms with van der Waals surface area (Å²) in [5, 5.41) is 12.0. The van der Waals surface area contributed by atoms with E-state index in [9.17, 15) is 19.5 Å². The van der Waals surface area contributed by atoms with E-state index in [0.29, 0.717) is 0 Å². The van der Waals surface area contributed by atoms with Gasteiger partial charge in [0.05, 0.1) is 6.10 Å². The largest absolute Gasteiger partial charge is 0.481 e. The molecular weight excluding hydrogens is 424 g/mol. The maximum absolute atomic E-state index is 13.0. The van der Waals surface area contributed by atoms with Crippen molar-refractivity contribution in [2.75, 3.05) is 26.8 Å². The Labute approximate surface area is 192 Å². The molecule has 1 saturated heterocycles. The Morgan fingerprint density at radius 3 is 2.12 bits per heavy atom. The molecule has 1 aliphatic carbocycles. The number of ether oxygens (including phenoxy) is 2. The average Bonchev–Trinajstić information content (AvgIpc) is 3.36. The van der Waals surface area contributed by atoms with Gasteiger partial charge in [-0.25, -0.2) is 4.79 Å². The molecule has 8 nitrogen and oxygen atoms in total. The number of nitrogens with one attached hydrogen (secondary N) is 1. The van der Waals surface area contributed by atoms with Crippen LogP contribution in [-0.4, -0.2) is 66.4 Å². The van der Waals surface area contributed by atoms with Crippen molar-refractivity contribution in [1.82, 2.24) is 10.2 Å². The summed E-state index contributed by atoms with van der Waals surface area (Å²) >= 11 is 0. The molecule has 33 heavy (non-hydrogen) atoms. The minimum atomic E-state index is -1.27. The highest BCUT2D eigenvalue weighted by Gasteiger charge is 2.44. The van der Waals surface area contributed by atoms with Crippen LogP contribution < -0.4 is 5.32 Å². The molecule has 174 valence electrons. The van der Waals surface area contributed by atoms with Gasteiger partial charge in [-0.2, -0.15) is 0 Å². The van der Waals surface area contributed by atoms with Crippen LogP contribution in [0.2, 0.25) is 0 Å². The van der Waals surface area contributed by atoms with Crippen LogP contribution in [0.3, 0.4) is 0 Å². The van der Waals surface area contributed by atoms with Crippen LogP contribution in [0.4, 0.5) is 4.79 Å². The minimum Gasteiger partial charge on any atom is -0.481 e. The van der Waals surface area contributed by atoms with Gasteiger partial charge in [0, 0.05) is 26.1 Å². The number of nitrogens with zero attached hydrogens (tertiary/aromatic N) is 1. The summed E-state index contributed by atoms with van der Waals surface area (Å²) in [5.41, 5.74) is 3.20. The van der Waals surface area contributed by atoms with Gasteiger partial charge in [0.15, 0.2) is 0 Å². The Kier molecular flexibility index (Phi) is 6.12. The van der Waals surface area contributed by atoms with Gasteiger partial charge in [-0.15, -0.1) is 0 Å².